The van der Waals surface area contributed by atoms with Crippen molar-refractivity contribution in [1.82, 2.24) is 14.5 Å². The normalized spacial score (nSPS) is 25.0. The van der Waals surface area contributed by atoms with E-state index in [1.165, 1.54) is 57.8 Å². The number of nitrogens with zero attached hydrogens (tertiary/aromatic N) is 3. The number of aliphatic hydroxyl groups is 1. The second-order valence-corrected chi connectivity index (χ2v) is 13.6. The van der Waals surface area contributed by atoms with Crippen LogP contribution in [-0.4, -0.2) is 62.4 Å². The Kier molecular flexibility index (Phi) is 9.70. The number of carbonyl (C=O) groups excluding carboxylic acids is 1. The highest BCUT2D eigenvalue weighted by Crippen LogP contribution is 2.44. The fourth-order valence-corrected chi connectivity index (χ4v) is 7.58. The van der Waals surface area contributed by atoms with Gasteiger partial charge in [0.1, 0.15) is 5.60 Å². The number of nitrogens with one attached hydrogen (secondary N) is 1. The lowest BCUT2D eigenvalue weighted by Crippen LogP contribution is -2.50. The molecule has 41 heavy (non-hydrogen) atoms. The Morgan fingerprint density at radius 3 is 2.32 bits per heavy atom. The van der Waals surface area contributed by atoms with E-state index in [9.17, 15) is 14.7 Å². The summed E-state index contributed by atoms with van der Waals surface area (Å²) in [5.41, 5.74) is 1.09. The number of para-hydroxylation sites is 2. The molecule has 0 radical (unpaired) electrons. The lowest BCUT2D eigenvalue weighted by molar-refractivity contribution is -0.161. The number of ether oxygens (including phenoxy) is 1. The summed E-state index contributed by atoms with van der Waals surface area (Å²) in [7, 11) is 0. The molecule has 2 saturated heterocycles. The molecule has 226 valence electrons. The van der Waals surface area contributed by atoms with Gasteiger partial charge in [-0.3, -0.25) is 14.5 Å². The summed E-state index contributed by atoms with van der Waals surface area (Å²) in [4.78, 5) is 33.9. The third-order valence-corrected chi connectivity index (χ3v) is 9.40. The van der Waals surface area contributed by atoms with Crippen LogP contribution >= 0.6 is 0 Å². The van der Waals surface area contributed by atoms with Crippen LogP contribution in [0.5, 0.6) is 0 Å². The molecule has 1 saturated carbocycles. The third-order valence-electron chi connectivity index (χ3n) is 9.40. The molecule has 2 aromatic rings. The Hall–Kier alpha value is -2.45. The summed E-state index contributed by atoms with van der Waals surface area (Å²) in [6.45, 7) is 5.71. The van der Waals surface area contributed by atoms with Gasteiger partial charge in [-0.05, 0) is 84.3 Å². The van der Waals surface area contributed by atoms with Gasteiger partial charge < -0.3 is 19.7 Å². The Morgan fingerprint density at radius 2 is 1.66 bits per heavy atom. The maximum atomic E-state index is 13.9. The maximum Gasteiger partial charge on any atom is 0.311 e. The van der Waals surface area contributed by atoms with E-state index in [1.54, 1.807) is 0 Å². The fourth-order valence-electron chi connectivity index (χ4n) is 7.58. The first kappa shape index (κ1) is 30.0. The molecule has 3 heterocycles. The maximum absolute atomic E-state index is 13.9. The zero-order valence-electron chi connectivity index (χ0n) is 25.3. The van der Waals surface area contributed by atoms with Crippen molar-refractivity contribution in [2.45, 2.75) is 134 Å². The molecule has 0 spiro atoms. The predicted octanol–water partition coefficient (Wildman–Crippen LogP) is 5.82. The lowest BCUT2D eigenvalue weighted by atomic mass is 9.89. The number of piperidine rings is 1. The first-order valence-corrected chi connectivity index (χ1v) is 16.1. The van der Waals surface area contributed by atoms with Crippen molar-refractivity contribution >= 4 is 22.8 Å². The van der Waals surface area contributed by atoms with Gasteiger partial charge in [0.2, 0.25) is 0 Å². The fraction of sp³-hybridized carbons (Fsp3) is 0.727. The molecular weight excluding hydrogens is 516 g/mol. The van der Waals surface area contributed by atoms with Gasteiger partial charge in [0, 0.05) is 30.7 Å². The number of hydrogen-bond acceptors (Lipinski definition) is 7. The molecule has 4 atom stereocenters. The molecule has 2 bridgehead atoms. The molecule has 3 aliphatic rings. The van der Waals surface area contributed by atoms with Gasteiger partial charge in [-0.25, -0.2) is 4.98 Å². The predicted molar refractivity (Wildman–Crippen MR) is 163 cm³/mol. The minimum atomic E-state index is -0.590. The molecule has 1 unspecified atom stereocenters. The number of aromatic nitrogens is 2. The SMILES string of the molecule is CC(C)(C)OC(=O)[C@H](CO)CCCNc1nc2ccccc2n(C2C[C@H]3CC[C@@H](C2)N3C2CCCCCCC2)c1=O. The van der Waals surface area contributed by atoms with E-state index in [0.717, 1.165) is 23.9 Å². The van der Waals surface area contributed by atoms with Gasteiger partial charge in [0.25, 0.3) is 5.56 Å². The molecule has 3 fully saturated rings. The van der Waals surface area contributed by atoms with Gasteiger partial charge >= 0.3 is 5.97 Å². The average molecular weight is 567 g/mol. The summed E-state index contributed by atoms with van der Waals surface area (Å²) < 4.78 is 7.48. The molecule has 2 N–H and O–H groups in total. The van der Waals surface area contributed by atoms with Crippen molar-refractivity contribution < 1.29 is 14.6 Å². The lowest BCUT2D eigenvalue weighted by Gasteiger charge is -2.45. The van der Waals surface area contributed by atoms with E-state index in [-0.39, 0.29) is 24.2 Å². The second kappa shape index (κ2) is 13.2. The van der Waals surface area contributed by atoms with E-state index in [0.29, 0.717) is 43.3 Å². The molecule has 1 aromatic carbocycles. The van der Waals surface area contributed by atoms with E-state index in [1.807, 2.05) is 49.6 Å². The van der Waals surface area contributed by atoms with E-state index in [2.05, 4.69) is 10.2 Å². The van der Waals surface area contributed by atoms with Crippen molar-refractivity contribution in [2.24, 2.45) is 5.92 Å². The molecule has 8 nitrogen and oxygen atoms in total. The highest BCUT2D eigenvalue weighted by atomic mass is 16.6. The van der Waals surface area contributed by atoms with Crippen LogP contribution in [0.1, 0.15) is 110 Å². The topological polar surface area (TPSA) is 96.7 Å². The smallest absolute Gasteiger partial charge is 0.311 e. The number of hydrogen-bond donors (Lipinski definition) is 2. The molecule has 1 aromatic heterocycles. The van der Waals surface area contributed by atoms with Crippen LogP contribution in [0.2, 0.25) is 0 Å². The molecule has 5 rings (SSSR count). The Bertz CT molecular complexity index is 1220. The van der Waals surface area contributed by atoms with Crippen LogP contribution in [0.4, 0.5) is 5.82 Å². The minimum Gasteiger partial charge on any atom is -0.460 e. The number of benzene rings is 1. The highest BCUT2D eigenvalue weighted by Gasteiger charge is 2.44. The number of esters is 1. The van der Waals surface area contributed by atoms with Gasteiger partial charge in [0.15, 0.2) is 5.82 Å². The van der Waals surface area contributed by atoms with Crippen LogP contribution in [0.15, 0.2) is 29.1 Å². The van der Waals surface area contributed by atoms with Gasteiger partial charge in [-0.15, -0.1) is 0 Å². The van der Waals surface area contributed by atoms with Crippen LogP contribution in [-0.2, 0) is 9.53 Å². The number of anilines is 1. The summed E-state index contributed by atoms with van der Waals surface area (Å²) in [6.07, 6.45) is 15.1. The number of fused-ring (bicyclic) bond motifs is 3. The van der Waals surface area contributed by atoms with Crippen molar-refractivity contribution in [3.63, 3.8) is 0 Å². The first-order valence-electron chi connectivity index (χ1n) is 16.1. The van der Waals surface area contributed by atoms with Gasteiger partial charge in [0.05, 0.1) is 23.6 Å². The number of rotatable bonds is 9. The van der Waals surface area contributed by atoms with Crippen LogP contribution < -0.4 is 10.9 Å². The van der Waals surface area contributed by atoms with Crippen molar-refractivity contribution in [1.29, 1.82) is 0 Å². The molecule has 8 heteroatoms. The van der Waals surface area contributed by atoms with Crippen LogP contribution in [0.25, 0.3) is 11.0 Å². The number of carbonyl (C=O) groups is 1. The average Bonchev–Trinajstić information content (AvgIpc) is 3.16. The van der Waals surface area contributed by atoms with E-state index >= 15 is 0 Å². The molecule has 2 aliphatic heterocycles. The number of aliphatic hydroxyl groups excluding tert-OH is 1. The van der Waals surface area contributed by atoms with E-state index in [4.69, 9.17) is 9.72 Å². The van der Waals surface area contributed by atoms with E-state index < -0.39 is 11.5 Å². The molecule has 0 amide bonds. The largest absolute Gasteiger partial charge is 0.460 e. The van der Waals surface area contributed by atoms with Crippen molar-refractivity contribution in [2.75, 3.05) is 18.5 Å². The minimum absolute atomic E-state index is 0.0571. The van der Waals surface area contributed by atoms with Crippen LogP contribution in [0.3, 0.4) is 0 Å². The highest BCUT2D eigenvalue weighted by molar-refractivity contribution is 5.76. The summed E-state index contributed by atoms with van der Waals surface area (Å²) >= 11 is 0. The zero-order valence-corrected chi connectivity index (χ0v) is 25.3. The Labute approximate surface area is 244 Å². The molecular formula is C33H50N4O4. The van der Waals surface area contributed by atoms with Gasteiger partial charge in [-0.2, -0.15) is 0 Å². The summed E-state index contributed by atoms with van der Waals surface area (Å²) in [6, 6.07) is 9.98. The Morgan fingerprint density at radius 1 is 1.00 bits per heavy atom. The second-order valence-electron chi connectivity index (χ2n) is 13.6. The van der Waals surface area contributed by atoms with Crippen LogP contribution in [0, 0.1) is 5.92 Å². The monoisotopic (exact) mass is 566 g/mol. The van der Waals surface area contributed by atoms with Gasteiger partial charge in [-0.1, -0.05) is 44.2 Å². The Balaban J connectivity index is 1.29. The zero-order chi connectivity index (χ0) is 29.0. The van der Waals surface area contributed by atoms with Crippen molar-refractivity contribution in [3.8, 4) is 0 Å². The van der Waals surface area contributed by atoms with Crippen molar-refractivity contribution in [3.05, 3.63) is 34.6 Å². The molecule has 1 aliphatic carbocycles. The standard InChI is InChI=1S/C33H50N4O4/c1-33(2,3)41-32(40)23(22-38)12-11-19-34-30-31(39)37(29-16-10-9-15-28(29)35-30)27-20-25-17-18-26(21-27)36(25)24-13-7-5-4-6-8-14-24/h9-10,15-16,23-27,38H,4-8,11-14,17-22H2,1-3H3,(H,34,35)/t23-,25-,26+,27?/m0/s1. The summed E-state index contributed by atoms with van der Waals surface area (Å²) in [5.74, 6) is -0.585. The quantitative estimate of drug-likeness (QED) is 0.292. The first-order chi connectivity index (χ1) is 19.7. The third kappa shape index (κ3) is 7.14. The summed E-state index contributed by atoms with van der Waals surface area (Å²) in [5, 5.41) is 13.0.